The molecule has 0 spiro atoms. The van der Waals surface area contributed by atoms with Crippen LogP contribution < -0.4 is 153 Å². The molecule has 4 aromatic carbocycles. The zero-order valence-electron chi connectivity index (χ0n) is 80.3. The molecule has 6 rings (SSSR count). The number of nitrogens with one attached hydrogen (secondary N) is 23. The molecule has 0 radical (unpaired) electrons. The molecular formula is C90H139N33O20S2. The Morgan fingerprint density at radius 2 is 0.800 bits per heavy atom. The highest BCUT2D eigenvalue weighted by Gasteiger charge is 2.43. The summed E-state index contributed by atoms with van der Waals surface area (Å²) in [4.78, 5) is 250. The molecular weight excluding hydrogens is 1930 g/mol. The smallest absolute Gasteiger partial charge is 0.326 e. The number of carbonyl (C=O) groups excluding carboxylic acids is 16. The number of nitrogens with zero attached hydrogens (tertiary/aromatic N) is 1. The van der Waals surface area contributed by atoms with E-state index in [4.69, 9.17) is 73.2 Å². The normalized spacial score (nSPS) is 20.0. The number of primary amides is 3. The molecule has 19 amide bonds. The summed E-state index contributed by atoms with van der Waals surface area (Å²) >= 11 is 0. The monoisotopic (exact) mass is 2070 g/mol. The number of carboxylic acid groups (broad SMARTS) is 1. The molecule has 2 aliphatic rings. The topological polar surface area (TPSA) is 912 Å². The van der Waals surface area contributed by atoms with Gasteiger partial charge in [0.25, 0.3) is 0 Å². The molecule has 4 aromatic rings. The molecule has 53 nitrogen and oxygen atoms in total. The fourth-order valence-corrected chi connectivity index (χ4v) is 17.8. The number of benzene rings is 4. The third-order valence-corrected chi connectivity index (χ3v) is 25.5. The predicted octanol–water partition coefficient (Wildman–Crippen LogP) is -6.58. The molecule has 2 fully saturated rings. The van der Waals surface area contributed by atoms with Crippen molar-refractivity contribution in [3.63, 3.8) is 0 Å². The van der Waals surface area contributed by atoms with Gasteiger partial charge in [0, 0.05) is 83.1 Å². The highest BCUT2D eigenvalue weighted by atomic mass is 33.1. The molecule has 55 heteroatoms. The van der Waals surface area contributed by atoms with Crippen molar-refractivity contribution >= 4 is 157 Å². The van der Waals surface area contributed by atoms with Crippen molar-refractivity contribution in [3.05, 3.63) is 108 Å². The minimum Gasteiger partial charge on any atom is -0.508 e. The SMILES string of the molecule is N=C(N)NCCC[C@H](NC(=O)[C@@H]1CSSC[C@H](NC(=O)[C@H](Cc2ccc3ccccc3c2)NC(=O)[C@H](CCCNC(=N)N)NC(=O)[C@@H](N)CCCNC(=N)N)C(=O)N[C@@H](Cc2ccc(O)cc2)C(=O)N[C@@H](CCCNC(=N)N)C(=O)N[C@@H](CCCCN)C(=O)N[C@H](CCCNC(N)=O)C(=O)N2CCC[C@H]2C(=O)N[C@@H](Cc2ccc(O)cc2)C(=O)N[C@@H](CCCNC(N)=O)C(=O)N[C@@H](CCCNC(N)=O)C(=O)N1)C(=O)O. The van der Waals surface area contributed by atoms with Crippen LogP contribution in [0.5, 0.6) is 11.5 Å². The van der Waals surface area contributed by atoms with Crippen LogP contribution in [0.25, 0.3) is 10.8 Å². The minimum atomic E-state index is -1.93. The number of hydrogen-bond donors (Lipinski definition) is 35. The summed E-state index contributed by atoms with van der Waals surface area (Å²) in [6.07, 6.45) is -2.99. The van der Waals surface area contributed by atoms with Gasteiger partial charge in [-0.3, -0.25) is 84.0 Å². The maximum Gasteiger partial charge on any atom is 0.326 e. The van der Waals surface area contributed by atoms with E-state index >= 15 is 57.5 Å². The number of carbonyl (C=O) groups is 17. The van der Waals surface area contributed by atoms with Gasteiger partial charge in [0.2, 0.25) is 76.8 Å². The summed E-state index contributed by atoms with van der Waals surface area (Å²) in [7, 11) is 1.43. The highest BCUT2D eigenvalue weighted by Crippen LogP contribution is 2.27. The molecule has 44 N–H and O–H groups in total. The van der Waals surface area contributed by atoms with Crippen LogP contribution >= 0.6 is 21.6 Å². The lowest BCUT2D eigenvalue weighted by Gasteiger charge is -2.31. The van der Waals surface area contributed by atoms with E-state index < -0.39 is 228 Å². The number of fused-ring (bicyclic) bond motifs is 2. The average Bonchev–Trinajstić information content (AvgIpc) is 1.75. The lowest BCUT2D eigenvalue weighted by Crippen LogP contribution is -2.61. The van der Waals surface area contributed by atoms with E-state index in [2.05, 4.69) is 101 Å². The molecule has 796 valence electrons. The van der Waals surface area contributed by atoms with Gasteiger partial charge >= 0.3 is 24.1 Å². The molecule has 2 saturated heterocycles. The van der Waals surface area contributed by atoms with Crippen molar-refractivity contribution in [3.8, 4) is 11.5 Å². The number of phenolic OH excluding ortho intramolecular Hbond substituents is 2. The van der Waals surface area contributed by atoms with Gasteiger partial charge in [-0.05, 0) is 180 Å². The summed E-state index contributed by atoms with van der Waals surface area (Å²) in [6.45, 7) is -0.692. The van der Waals surface area contributed by atoms with E-state index in [1.807, 2.05) is 6.07 Å². The first-order chi connectivity index (χ1) is 69.1. The molecule has 2 heterocycles. The number of aliphatic carboxylic acids is 1. The van der Waals surface area contributed by atoms with Gasteiger partial charge in [-0.15, -0.1) is 0 Å². The standard InChI is InChI=1S/C90H139N33O20S2/c91-34-4-3-16-57-73(129)116-62(21-10-41-110-90(103)143)82(138)123-42-12-23-69(123)81(137)120-65(45-50-27-32-55(125)33-28-50)77(133)115-60(19-8-39-108-88(101)141)72(128)113-61(20-9-40-109-89(102)142)75(131)121-67(79(135)117-63(83(139)140)22-11-38-107-87(99)100)47-144-145-48-68(80(136)119-64(44-49-25-30-54(124)31-26-49)76(132)114-59(71(127)112-57)18-7-37-106-86(97)98)122-78(134)66(46-51-24-29-52-13-1-2-14-53(52)43-51)118-74(130)58(17-6-36-105-85(95)96)111-70(126)56(92)15-5-35-104-84(93)94/h1-2,13-14,24-33,43,56-69,124-125H,3-12,15-23,34-42,44-48,91-92H2,(H,111,126)(H,112,127)(H,113,128)(H,114,132)(H,115,133)(H,116,129)(H,117,135)(H,118,130)(H,119,136)(H,120,137)(H,121,131)(H,122,134)(H,139,140)(H4,93,94,104)(H4,95,96,105)(H4,97,98,106)(H4,99,100,107)(H3,101,108,141)(H3,102,109,142)(H3,103,110,143)/t56-,57-,58-,59-,60-,61-,62+,63-,64-,65-,66-,67-,68-,69-/m0/s1. The number of carboxylic acids is 1. The number of rotatable bonds is 47. The first-order valence-electron chi connectivity index (χ1n) is 47.4. The molecule has 0 aliphatic carbocycles. The zero-order valence-corrected chi connectivity index (χ0v) is 82.0. The molecule has 14 atom stereocenters. The van der Waals surface area contributed by atoms with E-state index in [0.717, 1.165) is 10.3 Å². The number of urea groups is 3. The summed E-state index contributed by atoms with van der Waals surface area (Å²) in [5.41, 5.74) is 51.9. The van der Waals surface area contributed by atoms with Crippen LogP contribution in [0.2, 0.25) is 0 Å². The second-order valence-corrected chi connectivity index (χ2v) is 37.1. The van der Waals surface area contributed by atoms with Crippen molar-refractivity contribution < 1.29 is 96.8 Å². The molecule has 0 unspecified atom stereocenters. The first-order valence-corrected chi connectivity index (χ1v) is 49.9. The van der Waals surface area contributed by atoms with E-state index in [1.54, 1.807) is 36.4 Å². The number of nitrogens with two attached hydrogens (primary N) is 9. The maximum absolute atomic E-state index is 16.0. The van der Waals surface area contributed by atoms with Crippen LogP contribution in [-0.2, 0) is 86.4 Å². The lowest BCUT2D eigenvalue weighted by atomic mass is 10.00. The molecule has 0 bridgehead atoms. The number of guanidine groups is 4. The Bertz CT molecular complexity index is 5090. The van der Waals surface area contributed by atoms with Gasteiger partial charge in [0.05, 0.1) is 6.04 Å². The number of hydrogen-bond acceptors (Lipinski definition) is 27. The van der Waals surface area contributed by atoms with Crippen LogP contribution in [0.1, 0.15) is 139 Å². The Hall–Kier alpha value is -15.2. The second-order valence-electron chi connectivity index (χ2n) is 34.6. The molecule has 0 aromatic heterocycles. The molecule has 2 aliphatic heterocycles. The zero-order chi connectivity index (χ0) is 107. The van der Waals surface area contributed by atoms with Crippen molar-refractivity contribution in [1.82, 2.24) is 106 Å². The third-order valence-electron chi connectivity index (χ3n) is 23.1. The van der Waals surface area contributed by atoms with Crippen molar-refractivity contribution in [2.45, 2.75) is 226 Å². The van der Waals surface area contributed by atoms with Gasteiger partial charge < -0.3 is 173 Å². The third kappa shape index (κ3) is 44.5. The Labute approximate surface area is 844 Å². The number of amides is 19. The quantitative estimate of drug-likeness (QED) is 0.00846. The van der Waals surface area contributed by atoms with Gasteiger partial charge in [-0.1, -0.05) is 88.3 Å². The van der Waals surface area contributed by atoms with Crippen LogP contribution in [-0.4, -0.2) is 300 Å². The summed E-state index contributed by atoms with van der Waals surface area (Å²) in [5.74, 6) is -18.7. The van der Waals surface area contributed by atoms with Gasteiger partial charge in [-0.2, -0.15) is 0 Å². The van der Waals surface area contributed by atoms with Crippen molar-refractivity contribution in [1.29, 1.82) is 21.6 Å². The summed E-state index contributed by atoms with van der Waals surface area (Å²) < 4.78 is 0. The summed E-state index contributed by atoms with van der Waals surface area (Å²) in [6, 6.07) is -3.39. The molecule has 145 heavy (non-hydrogen) atoms. The Morgan fingerprint density at radius 3 is 1.27 bits per heavy atom. The molecule has 0 saturated carbocycles. The Kier molecular flexibility index (Phi) is 51.5. The van der Waals surface area contributed by atoms with E-state index in [1.165, 1.54) is 48.5 Å². The number of aromatic hydroxyl groups is 2. The van der Waals surface area contributed by atoms with Crippen LogP contribution in [0.3, 0.4) is 0 Å². The highest BCUT2D eigenvalue weighted by molar-refractivity contribution is 8.76. The van der Waals surface area contributed by atoms with Crippen LogP contribution in [0.15, 0.2) is 91.0 Å². The minimum absolute atomic E-state index is 0.00221. The fraction of sp³-hybridized carbons (Fsp3) is 0.522. The van der Waals surface area contributed by atoms with Crippen LogP contribution in [0.4, 0.5) is 14.4 Å². The van der Waals surface area contributed by atoms with Gasteiger partial charge in [0.1, 0.15) is 90.0 Å². The predicted molar refractivity (Wildman–Crippen MR) is 540 cm³/mol. The van der Waals surface area contributed by atoms with Crippen molar-refractivity contribution in [2.24, 2.45) is 51.6 Å². The van der Waals surface area contributed by atoms with Crippen LogP contribution in [0, 0.1) is 21.6 Å². The van der Waals surface area contributed by atoms with E-state index in [9.17, 15) is 39.3 Å². The second kappa shape index (κ2) is 63.0. The lowest BCUT2D eigenvalue weighted by molar-refractivity contribution is -0.142. The maximum atomic E-state index is 16.0. The van der Waals surface area contributed by atoms with Crippen molar-refractivity contribution in [2.75, 3.05) is 70.4 Å². The Balaban J connectivity index is 1.62. The van der Waals surface area contributed by atoms with E-state index in [-0.39, 0.29) is 210 Å². The number of phenols is 2. The van der Waals surface area contributed by atoms with E-state index in [0.29, 0.717) is 38.1 Å². The van der Waals surface area contributed by atoms with Gasteiger partial charge in [0.15, 0.2) is 23.8 Å². The Morgan fingerprint density at radius 1 is 0.407 bits per heavy atom. The van der Waals surface area contributed by atoms with Gasteiger partial charge in [-0.25, -0.2) is 19.2 Å². The largest absolute Gasteiger partial charge is 0.508 e. The first kappa shape index (κ1) is 119. The fourth-order valence-electron chi connectivity index (χ4n) is 15.5. The average molecular weight is 2070 g/mol. The number of unbranched alkanes of at least 4 members (excludes halogenated alkanes) is 1. The summed E-state index contributed by atoms with van der Waals surface area (Å²) in [5, 5.41) is 113.